The van der Waals surface area contributed by atoms with Crippen molar-refractivity contribution in [3.05, 3.63) is 36.0 Å². The van der Waals surface area contributed by atoms with Crippen molar-refractivity contribution in [2.75, 3.05) is 37.7 Å². The third kappa shape index (κ3) is 7.31. The van der Waals surface area contributed by atoms with Gasteiger partial charge in [0.15, 0.2) is 0 Å². The highest BCUT2D eigenvalue weighted by Gasteiger charge is 2.22. The fraction of sp³-hybridized carbons (Fsp3) is 0.500. The number of aromatic nitrogens is 3. The molecule has 1 aromatic carbocycles. The Morgan fingerprint density at radius 1 is 1.29 bits per heavy atom. The number of carbonyl (C=O) groups excluding carboxylic acids is 1. The lowest BCUT2D eigenvalue weighted by Crippen LogP contribution is -2.35. The summed E-state index contributed by atoms with van der Waals surface area (Å²) in [6.07, 6.45) is 8.44. The van der Waals surface area contributed by atoms with E-state index in [2.05, 4.69) is 34.2 Å². The predicted molar refractivity (Wildman–Crippen MR) is 132 cm³/mol. The molecule has 0 radical (unpaired) electrons. The Labute approximate surface area is 190 Å². The van der Waals surface area contributed by atoms with Crippen LogP contribution in [0.5, 0.6) is 0 Å². The van der Waals surface area contributed by atoms with Crippen molar-refractivity contribution in [2.24, 2.45) is 0 Å². The summed E-state index contributed by atoms with van der Waals surface area (Å²) < 4.78 is 8.45. The van der Waals surface area contributed by atoms with Crippen LogP contribution in [0.4, 0.5) is 0 Å². The number of nitrogens with one attached hydrogen (secondary N) is 1. The van der Waals surface area contributed by atoms with Crippen LogP contribution in [0, 0.1) is 0 Å². The molecule has 0 bridgehead atoms. The molecule has 1 atom stereocenters. The highest BCUT2D eigenvalue weighted by Crippen LogP contribution is 2.34. The average molecular weight is 467 g/mol. The summed E-state index contributed by atoms with van der Waals surface area (Å²) in [5.74, 6) is 0.728. The van der Waals surface area contributed by atoms with Crippen molar-refractivity contribution < 1.29 is 14.6 Å². The van der Waals surface area contributed by atoms with Crippen molar-refractivity contribution in [1.82, 2.24) is 20.1 Å². The summed E-state index contributed by atoms with van der Waals surface area (Å²) in [6.45, 7) is 6.54. The minimum absolute atomic E-state index is 0.130. The smallest absolute Gasteiger partial charge is 0.255 e. The zero-order valence-corrected chi connectivity index (χ0v) is 20.8. The van der Waals surface area contributed by atoms with Gasteiger partial charge in [-0.05, 0) is 37.8 Å². The lowest BCUT2D eigenvalue weighted by atomic mass is 10.2. The maximum Gasteiger partial charge on any atom is 0.255 e. The average Bonchev–Trinajstić information content (AvgIpc) is 3.36. The number of thiazole rings is 1. The van der Waals surface area contributed by atoms with Crippen LogP contribution in [0.3, 0.4) is 0 Å². The Morgan fingerprint density at radius 2 is 2.00 bits per heavy atom. The molecule has 1 amide bonds. The minimum atomic E-state index is -0.620. The summed E-state index contributed by atoms with van der Waals surface area (Å²) in [5.41, 5.74) is 1.83. The molecular formula is C22H34N4O3S2. The highest BCUT2D eigenvalue weighted by atomic mass is 32.3. The third-order valence-corrected chi connectivity index (χ3v) is 6.65. The SMILES string of the molecule is CC.C[C@H](CO)NC(=O)c1cn(COCCS(C)(C)C)nc1-c1nc2ccccc2s1. The molecule has 7 nitrogen and oxygen atoms in total. The highest BCUT2D eigenvalue weighted by molar-refractivity contribution is 8.32. The van der Waals surface area contributed by atoms with Gasteiger partial charge in [-0.15, -0.1) is 11.3 Å². The van der Waals surface area contributed by atoms with E-state index in [1.54, 1.807) is 17.8 Å². The van der Waals surface area contributed by atoms with Crippen LogP contribution in [0.15, 0.2) is 30.5 Å². The van der Waals surface area contributed by atoms with Crippen LogP contribution in [0.2, 0.25) is 0 Å². The first-order valence-electron chi connectivity index (χ1n) is 10.4. The monoisotopic (exact) mass is 466 g/mol. The van der Waals surface area contributed by atoms with Gasteiger partial charge in [0.05, 0.1) is 29.0 Å². The molecule has 0 aliphatic rings. The predicted octanol–water partition coefficient (Wildman–Crippen LogP) is 3.96. The van der Waals surface area contributed by atoms with E-state index in [-0.39, 0.29) is 25.3 Å². The molecule has 0 spiro atoms. The Kier molecular flexibility index (Phi) is 9.49. The van der Waals surface area contributed by atoms with E-state index in [9.17, 15) is 9.90 Å². The molecule has 172 valence electrons. The Balaban J connectivity index is 0.00000166. The van der Waals surface area contributed by atoms with E-state index in [1.807, 2.05) is 38.1 Å². The van der Waals surface area contributed by atoms with Crippen molar-refractivity contribution in [3.8, 4) is 10.7 Å². The number of rotatable bonds is 9. The van der Waals surface area contributed by atoms with Gasteiger partial charge < -0.3 is 15.2 Å². The summed E-state index contributed by atoms with van der Waals surface area (Å²) in [4.78, 5) is 17.4. The second kappa shape index (κ2) is 11.6. The second-order valence-corrected chi connectivity index (χ2v) is 13.4. The number of hydrogen-bond acceptors (Lipinski definition) is 6. The van der Waals surface area contributed by atoms with Crippen molar-refractivity contribution in [2.45, 2.75) is 33.5 Å². The van der Waals surface area contributed by atoms with Crippen LogP contribution >= 0.6 is 21.4 Å². The molecule has 0 unspecified atom stereocenters. The summed E-state index contributed by atoms with van der Waals surface area (Å²) in [7, 11) is -0.620. The normalized spacial score (nSPS) is 12.9. The van der Waals surface area contributed by atoms with Gasteiger partial charge in [0.2, 0.25) is 0 Å². The number of carbonyl (C=O) groups is 1. The molecule has 3 aromatic rings. The first kappa shape index (κ1) is 25.3. The van der Waals surface area contributed by atoms with Gasteiger partial charge in [-0.3, -0.25) is 4.79 Å². The molecule has 3 rings (SSSR count). The second-order valence-electron chi connectivity index (χ2n) is 7.81. The summed E-state index contributed by atoms with van der Waals surface area (Å²) in [5, 5.41) is 17.3. The standard InChI is InChI=1S/C20H28N4O3S2.C2H6/c1-14(12-25)21-19(26)15-11-24(13-27-9-10-29(2,3)4)23-18(15)20-22-16-7-5-6-8-17(16)28-20;1-2/h5-8,11,14,25H,9-10,12-13H2,1-4H3,(H,21,26);1-2H3/t14-;/m1./s1. The van der Waals surface area contributed by atoms with E-state index in [4.69, 9.17) is 4.74 Å². The molecule has 2 aromatic heterocycles. The maximum absolute atomic E-state index is 12.8. The minimum Gasteiger partial charge on any atom is -0.394 e. The molecule has 31 heavy (non-hydrogen) atoms. The molecule has 9 heteroatoms. The van der Waals surface area contributed by atoms with Crippen LogP contribution < -0.4 is 5.32 Å². The molecular weight excluding hydrogens is 432 g/mol. The number of fused-ring (bicyclic) bond motifs is 1. The molecule has 0 aliphatic heterocycles. The third-order valence-electron chi connectivity index (χ3n) is 4.22. The van der Waals surface area contributed by atoms with Gasteiger partial charge in [-0.1, -0.05) is 26.0 Å². The Hall–Kier alpha value is -1.94. The number of aliphatic hydroxyl groups is 1. The van der Waals surface area contributed by atoms with Crippen LogP contribution in [0.25, 0.3) is 20.9 Å². The topological polar surface area (TPSA) is 89.3 Å². The fourth-order valence-corrected chi connectivity index (χ4v) is 4.18. The van der Waals surface area contributed by atoms with Crippen LogP contribution in [-0.2, 0) is 11.5 Å². The number of ether oxygens (including phenoxy) is 1. The quantitative estimate of drug-likeness (QED) is 0.466. The Morgan fingerprint density at radius 3 is 2.65 bits per heavy atom. The zero-order valence-electron chi connectivity index (χ0n) is 19.2. The van der Waals surface area contributed by atoms with Crippen molar-refractivity contribution in [1.29, 1.82) is 0 Å². The maximum atomic E-state index is 12.8. The van der Waals surface area contributed by atoms with E-state index < -0.39 is 10.0 Å². The fourth-order valence-electron chi connectivity index (χ4n) is 2.60. The largest absolute Gasteiger partial charge is 0.394 e. The lowest BCUT2D eigenvalue weighted by molar-refractivity contribution is 0.0808. The van der Waals surface area contributed by atoms with Crippen molar-refractivity contribution >= 4 is 37.5 Å². The molecule has 0 fully saturated rings. The van der Waals surface area contributed by atoms with Gasteiger partial charge in [0.25, 0.3) is 5.91 Å². The first-order valence-corrected chi connectivity index (χ1v) is 14.2. The van der Waals surface area contributed by atoms with Gasteiger partial charge in [0, 0.05) is 18.0 Å². The number of hydrogen-bond donors (Lipinski definition) is 2. The zero-order chi connectivity index (χ0) is 23.0. The van der Waals surface area contributed by atoms with Gasteiger partial charge >= 0.3 is 0 Å². The van der Waals surface area contributed by atoms with Crippen LogP contribution in [-0.4, -0.2) is 69.6 Å². The molecule has 2 N–H and O–H groups in total. The number of aliphatic hydroxyl groups excluding tert-OH is 1. The number of amides is 1. The van der Waals surface area contributed by atoms with Gasteiger partial charge in [-0.25, -0.2) is 19.7 Å². The number of para-hydroxylation sites is 1. The lowest BCUT2D eigenvalue weighted by Gasteiger charge is -2.24. The summed E-state index contributed by atoms with van der Waals surface area (Å²) in [6, 6.07) is 7.49. The summed E-state index contributed by atoms with van der Waals surface area (Å²) >= 11 is 1.50. The van der Waals surface area contributed by atoms with E-state index in [1.165, 1.54) is 11.3 Å². The van der Waals surface area contributed by atoms with Crippen molar-refractivity contribution in [3.63, 3.8) is 0 Å². The van der Waals surface area contributed by atoms with E-state index in [0.29, 0.717) is 22.9 Å². The molecule has 0 aliphatic carbocycles. The molecule has 0 saturated heterocycles. The molecule has 2 heterocycles. The first-order chi connectivity index (χ1) is 14.8. The van der Waals surface area contributed by atoms with E-state index >= 15 is 0 Å². The van der Waals surface area contributed by atoms with E-state index in [0.717, 1.165) is 16.0 Å². The number of benzene rings is 1. The Bertz CT molecular complexity index is 946. The van der Waals surface area contributed by atoms with Crippen LogP contribution in [0.1, 0.15) is 31.1 Å². The number of nitrogens with zero attached hydrogens (tertiary/aromatic N) is 3. The van der Waals surface area contributed by atoms with Gasteiger partial charge in [-0.2, -0.15) is 5.10 Å². The molecule has 0 saturated carbocycles. The van der Waals surface area contributed by atoms with Gasteiger partial charge in [0.1, 0.15) is 17.4 Å².